The monoisotopic (exact) mass is 344 g/mol. The molecule has 0 aromatic heterocycles. The average Bonchev–Trinajstić information content (AvgIpc) is 2.39. The van der Waals surface area contributed by atoms with Crippen LogP contribution in [0.1, 0.15) is 0 Å². The lowest BCUT2D eigenvalue weighted by Gasteiger charge is -2.05. The van der Waals surface area contributed by atoms with Crippen molar-refractivity contribution in [2.24, 2.45) is 10.2 Å². The van der Waals surface area contributed by atoms with Crippen molar-refractivity contribution in [3.63, 3.8) is 0 Å². The summed E-state index contributed by atoms with van der Waals surface area (Å²) in [5.41, 5.74) is -0.449. The fourth-order valence-electron chi connectivity index (χ4n) is 1.54. The Balaban J connectivity index is 2.51. The van der Waals surface area contributed by atoms with Crippen LogP contribution in [0.4, 0.5) is 11.4 Å². The highest BCUT2D eigenvalue weighted by atomic mass is 35.5. The minimum Gasteiger partial charge on any atom is -0.508 e. The van der Waals surface area contributed by atoms with Gasteiger partial charge < -0.3 is 15.3 Å². The van der Waals surface area contributed by atoms with E-state index in [4.69, 9.17) is 21.3 Å². The van der Waals surface area contributed by atoms with Crippen molar-refractivity contribution >= 4 is 33.1 Å². The second-order valence-electron chi connectivity index (χ2n) is 4.09. The number of azo groups is 1. The molecule has 0 saturated carbocycles. The summed E-state index contributed by atoms with van der Waals surface area (Å²) in [4.78, 5) is -0.777. The third-order valence-corrected chi connectivity index (χ3v) is 3.75. The Kier molecular flexibility index (Phi) is 4.22. The number of hydrogen-bond acceptors (Lipinski definition) is 7. The lowest BCUT2D eigenvalue weighted by atomic mass is 10.3. The predicted octanol–water partition coefficient (Wildman–Crippen LogP) is 3.12. The Morgan fingerprint density at radius 3 is 2.27 bits per heavy atom. The summed E-state index contributed by atoms with van der Waals surface area (Å²) in [6.07, 6.45) is 0. The van der Waals surface area contributed by atoms with E-state index in [0.717, 1.165) is 18.2 Å². The highest BCUT2D eigenvalue weighted by Gasteiger charge is 2.20. The summed E-state index contributed by atoms with van der Waals surface area (Å²) >= 11 is 5.79. The van der Waals surface area contributed by atoms with E-state index in [1.807, 2.05) is 0 Å². The molecule has 0 spiro atoms. The van der Waals surface area contributed by atoms with Crippen LogP contribution < -0.4 is 0 Å². The van der Waals surface area contributed by atoms with E-state index in [2.05, 4.69) is 10.2 Å². The second kappa shape index (κ2) is 5.79. The molecule has 0 atom stereocenters. The number of aromatic hydroxyl groups is 3. The number of nitrogens with zero attached hydrogens (tertiary/aromatic N) is 2. The molecule has 0 unspecified atom stereocenters. The Morgan fingerprint density at radius 1 is 1.00 bits per heavy atom. The molecule has 4 N–H and O–H groups in total. The van der Waals surface area contributed by atoms with Crippen LogP contribution in [-0.4, -0.2) is 28.3 Å². The molecule has 0 amide bonds. The molecule has 0 fully saturated rings. The van der Waals surface area contributed by atoms with Crippen molar-refractivity contribution in [3.8, 4) is 17.2 Å². The van der Waals surface area contributed by atoms with Crippen molar-refractivity contribution in [2.75, 3.05) is 0 Å². The van der Waals surface area contributed by atoms with Crippen molar-refractivity contribution in [2.45, 2.75) is 4.90 Å². The molecule has 0 aliphatic heterocycles. The first-order valence-electron chi connectivity index (χ1n) is 5.63. The van der Waals surface area contributed by atoms with Crippen molar-refractivity contribution in [1.29, 1.82) is 0 Å². The molecule has 0 bridgehead atoms. The molecule has 0 saturated heterocycles. The van der Waals surface area contributed by atoms with Crippen LogP contribution >= 0.6 is 11.6 Å². The van der Waals surface area contributed by atoms with E-state index < -0.39 is 26.5 Å². The van der Waals surface area contributed by atoms with Gasteiger partial charge in [-0.25, -0.2) is 0 Å². The Morgan fingerprint density at radius 2 is 1.68 bits per heavy atom. The van der Waals surface area contributed by atoms with Crippen LogP contribution in [0.15, 0.2) is 45.5 Å². The Hall–Kier alpha value is -2.36. The summed E-state index contributed by atoms with van der Waals surface area (Å²) in [5, 5.41) is 35.6. The fourth-order valence-corrected chi connectivity index (χ4v) is 2.31. The third kappa shape index (κ3) is 3.27. The van der Waals surface area contributed by atoms with Crippen LogP contribution in [-0.2, 0) is 10.1 Å². The van der Waals surface area contributed by atoms with Gasteiger partial charge in [0.25, 0.3) is 10.1 Å². The first kappa shape index (κ1) is 16.0. The minimum absolute atomic E-state index is 0.0504. The van der Waals surface area contributed by atoms with Crippen LogP contribution in [0.2, 0.25) is 5.02 Å². The Labute approximate surface area is 129 Å². The molecule has 116 valence electrons. The first-order chi connectivity index (χ1) is 10.2. The molecule has 0 heterocycles. The van der Waals surface area contributed by atoms with Crippen LogP contribution in [0.25, 0.3) is 0 Å². The largest absolute Gasteiger partial charge is 0.508 e. The number of hydrogen-bond donors (Lipinski definition) is 4. The number of benzene rings is 2. The molecular formula is C12H9ClN2O6S. The zero-order chi connectivity index (χ0) is 16.5. The van der Waals surface area contributed by atoms with Gasteiger partial charge in [0.05, 0.1) is 5.02 Å². The number of phenolic OH excluding ortho intramolecular Hbond substituents is 3. The van der Waals surface area contributed by atoms with Crippen LogP contribution in [0, 0.1) is 0 Å². The molecule has 0 radical (unpaired) electrons. The zero-order valence-electron chi connectivity index (χ0n) is 10.7. The molecular weight excluding hydrogens is 336 g/mol. The SMILES string of the molecule is O=S(=O)(O)c1ccc(Cl)c(N=Nc2ccc(O)cc2O)c1O. The topological polar surface area (TPSA) is 140 Å². The van der Waals surface area contributed by atoms with Crippen LogP contribution in [0.3, 0.4) is 0 Å². The lowest BCUT2D eigenvalue weighted by molar-refractivity contribution is 0.443. The molecule has 2 rings (SSSR count). The van der Waals surface area contributed by atoms with Gasteiger partial charge in [0.1, 0.15) is 27.8 Å². The van der Waals surface area contributed by atoms with Gasteiger partial charge in [-0.05, 0) is 24.3 Å². The summed E-state index contributed by atoms with van der Waals surface area (Å²) in [6, 6.07) is 5.51. The van der Waals surface area contributed by atoms with Gasteiger partial charge >= 0.3 is 0 Å². The fraction of sp³-hybridized carbons (Fsp3) is 0. The summed E-state index contributed by atoms with van der Waals surface area (Å²) in [5.74, 6) is -1.45. The van der Waals surface area contributed by atoms with Crippen molar-refractivity contribution in [3.05, 3.63) is 35.4 Å². The van der Waals surface area contributed by atoms with E-state index in [-0.39, 0.29) is 22.2 Å². The maximum absolute atomic E-state index is 11.1. The molecule has 2 aromatic carbocycles. The minimum atomic E-state index is -4.66. The van der Waals surface area contributed by atoms with Gasteiger partial charge in [-0.1, -0.05) is 11.6 Å². The predicted molar refractivity (Wildman–Crippen MR) is 76.9 cm³/mol. The van der Waals surface area contributed by atoms with Crippen molar-refractivity contribution in [1.82, 2.24) is 0 Å². The van der Waals surface area contributed by atoms with E-state index in [9.17, 15) is 18.6 Å². The lowest BCUT2D eigenvalue weighted by Crippen LogP contribution is -1.98. The standard InChI is InChI=1S/C12H9ClN2O6S/c13-7-2-4-10(22(19,20)21)12(18)11(7)15-14-8-3-1-6(16)5-9(8)17/h1-5,16-18H,(H,19,20,21). The number of phenols is 3. The molecule has 0 aliphatic carbocycles. The Bertz CT molecular complexity index is 866. The maximum Gasteiger partial charge on any atom is 0.298 e. The van der Waals surface area contributed by atoms with Gasteiger partial charge in [0.15, 0.2) is 5.75 Å². The summed E-state index contributed by atoms with van der Waals surface area (Å²) in [6.45, 7) is 0. The maximum atomic E-state index is 11.1. The third-order valence-electron chi connectivity index (χ3n) is 2.56. The first-order valence-corrected chi connectivity index (χ1v) is 7.44. The molecule has 22 heavy (non-hydrogen) atoms. The highest BCUT2D eigenvalue weighted by molar-refractivity contribution is 7.86. The highest BCUT2D eigenvalue weighted by Crippen LogP contribution is 2.41. The average molecular weight is 345 g/mol. The van der Waals surface area contributed by atoms with Gasteiger partial charge in [-0.3, -0.25) is 4.55 Å². The number of halogens is 1. The molecule has 10 heteroatoms. The molecule has 2 aromatic rings. The van der Waals surface area contributed by atoms with Gasteiger partial charge in [-0.15, -0.1) is 10.2 Å². The van der Waals surface area contributed by atoms with E-state index in [1.54, 1.807) is 0 Å². The van der Waals surface area contributed by atoms with Gasteiger partial charge in [-0.2, -0.15) is 8.42 Å². The summed E-state index contributed by atoms with van der Waals surface area (Å²) < 4.78 is 31.2. The van der Waals surface area contributed by atoms with E-state index in [1.165, 1.54) is 12.1 Å². The van der Waals surface area contributed by atoms with E-state index >= 15 is 0 Å². The second-order valence-corrected chi connectivity index (χ2v) is 5.89. The molecule has 0 aliphatic rings. The van der Waals surface area contributed by atoms with Crippen molar-refractivity contribution < 1.29 is 28.3 Å². The quantitative estimate of drug-likeness (QED) is 0.498. The van der Waals surface area contributed by atoms with Gasteiger partial charge in [0, 0.05) is 6.07 Å². The van der Waals surface area contributed by atoms with E-state index in [0.29, 0.717) is 0 Å². The normalized spacial score (nSPS) is 11.9. The van der Waals surface area contributed by atoms with Crippen LogP contribution in [0.5, 0.6) is 17.2 Å². The zero-order valence-corrected chi connectivity index (χ0v) is 12.2. The summed E-state index contributed by atoms with van der Waals surface area (Å²) in [7, 11) is -4.66. The number of rotatable bonds is 3. The van der Waals surface area contributed by atoms with Gasteiger partial charge in [0.2, 0.25) is 0 Å². The molecule has 8 nitrogen and oxygen atoms in total. The smallest absolute Gasteiger partial charge is 0.298 e.